The van der Waals surface area contributed by atoms with E-state index < -0.39 is 10.2 Å². The fraction of sp³-hybridized carbons (Fsp3) is 0.348. The molecule has 1 aliphatic carbocycles. The minimum atomic E-state index is -1.50. The van der Waals surface area contributed by atoms with Crippen molar-refractivity contribution in [1.29, 1.82) is 0 Å². The number of rotatable bonds is 2. The van der Waals surface area contributed by atoms with Crippen LogP contribution in [0.3, 0.4) is 0 Å². The molecule has 1 aliphatic rings. The quantitative estimate of drug-likeness (QED) is 0.270. The van der Waals surface area contributed by atoms with Gasteiger partial charge in [0.15, 0.2) is 0 Å². The second kappa shape index (κ2) is 15.6. The molecule has 0 radical (unpaired) electrons. The molecule has 0 unspecified atom stereocenters. The Kier molecular flexibility index (Phi) is 13.2. The molecule has 12 heteroatoms. The van der Waals surface area contributed by atoms with E-state index in [0.717, 1.165) is 0 Å². The number of nitrogens with zero attached hydrogens (tertiary/aromatic N) is 4. The maximum atomic E-state index is 8.36. The molecule has 35 heavy (non-hydrogen) atoms. The molecule has 11 nitrogen and oxygen atoms in total. The summed E-state index contributed by atoms with van der Waals surface area (Å²) in [6.45, 7) is 0. The second-order valence-electron chi connectivity index (χ2n) is 7.66. The zero-order valence-electron chi connectivity index (χ0n) is 19.6. The summed E-state index contributed by atoms with van der Waals surface area (Å²) in [5.41, 5.74) is 10.6. The Morgan fingerprint density at radius 1 is 0.800 bits per heavy atom. The fourth-order valence-electron chi connectivity index (χ4n) is 3.70. The molecule has 4 rings (SSSR count). The normalized spacial score (nSPS) is 12.6. The van der Waals surface area contributed by atoms with Gasteiger partial charge in [-0.15, -0.1) is 20.2 Å². The number of benzene rings is 2. The Hall–Kier alpha value is -3.30. The van der Waals surface area contributed by atoms with Crippen molar-refractivity contribution >= 4 is 0 Å². The first-order valence-electron chi connectivity index (χ1n) is 10.8. The van der Waals surface area contributed by atoms with Crippen molar-refractivity contribution in [1.82, 2.24) is 9.13 Å². The molecule has 1 heterocycles. The smallest absolute Gasteiger partial charge is 0.291 e. The van der Waals surface area contributed by atoms with E-state index in [-0.39, 0.29) is 0 Å². The van der Waals surface area contributed by atoms with Crippen molar-refractivity contribution in [3.8, 4) is 22.5 Å². The van der Waals surface area contributed by atoms with Gasteiger partial charge in [0.25, 0.3) is 10.2 Å². The van der Waals surface area contributed by atoms with E-state index in [0.29, 0.717) is 6.04 Å². The molecule has 4 N–H and O–H groups in total. The number of hydrogen-bond donors (Lipinski definition) is 3. The Labute approximate surface area is 214 Å². The molecule has 3 aromatic rings. The molecule has 0 aliphatic heterocycles. The van der Waals surface area contributed by atoms with Gasteiger partial charge in [-0.3, -0.25) is 0 Å². The van der Waals surface area contributed by atoms with Crippen LogP contribution in [0.15, 0.2) is 60.7 Å². The van der Waals surface area contributed by atoms with Gasteiger partial charge in [0.2, 0.25) is 0 Å². The molecule has 1 aromatic heterocycles. The van der Waals surface area contributed by atoms with E-state index in [2.05, 4.69) is 103 Å². The number of aromatic nitrogens is 2. The minimum Gasteiger partial charge on any atom is -0.328 e. The average Bonchev–Trinajstić information content (AvgIpc) is 3.04. The van der Waals surface area contributed by atoms with Crippen LogP contribution in [0.2, 0.25) is 0 Å². The van der Waals surface area contributed by atoms with Gasteiger partial charge in [0.1, 0.15) is 0 Å². The van der Waals surface area contributed by atoms with Crippen molar-refractivity contribution in [2.45, 2.75) is 38.1 Å². The molecule has 1 fully saturated rings. The molecular weight excluding hydrogens is 637 g/mol. The van der Waals surface area contributed by atoms with Crippen LogP contribution < -0.4 is 5.73 Å². The summed E-state index contributed by atoms with van der Waals surface area (Å²) in [5.74, 6) is 0. The number of imidazole rings is 1. The van der Waals surface area contributed by atoms with Crippen molar-refractivity contribution < 1.29 is 39.9 Å². The zero-order chi connectivity index (χ0) is 26.4. The van der Waals surface area contributed by atoms with Crippen LogP contribution in [-0.4, -0.2) is 35.8 Å². The first kappa shape index (κ1) is 29.7. The van der Waals surface area contributed by atoms with Crippen LogP contribution in [-0.2, 0) is 33.4 Å². The topological polar surface area (TPSA) is 163 Å². The summed E-state index contributed by atoms with van der Waals surface area (Å²) >= 11 is 2.38. The van der Waals surface area contributed by atoms with Gasteiger partial charge >= 0.3 is 130 Å². The van der Waals surface area contributed by atoms with Gasteiger partial charge < -0.3 is 16.1 Å². The second-order valence-corrected chi connectivity index (χ2v) is 8.68. The predicted molar refractivity (Wildman–Crippen MR) is 127 cm³/mol. The summed E-state index contributed by atoms with van der Waals surface area (Å²) < 4.78 is 5.71. The van der Waals surface area contributed by atoms with Crippen molar-refractivity contribution in [3.05, 3.63) is 84.7 Å². The van der Waals surface area contributed by atoms with Crippen LogP contribution in [0.1, 0.15) is 32.1 Å². The molecule has 0 amide bonds. The number of nitrogens with two attached hydrogens (primary N) is 1. The summed E-state index contributed by atoms with van der Waals surface area (Å²) in [4.78, 5) is 16.7. The van der Waals surface area contributed by atoms with Crippen LogP contribution in [0.25, 0.3) is 22.5 Å². The Morgan fingerprint density at radius 3 is 1.37 bits per heavy atom. The zero-order valence-corrected chi connectivity index (χ0v) is 21.9. The van der Waals surface area contributed by atoms with Gasteiger partial charge in [0, 0.05) is 6.04 Å². The Morgan fingerprint density at radius 2 is 1.11 bits per heavy atom. The summed E-state index contributed by atoms with van der Waals surface area (Å²) in [5, 5.41) is 27.3. The van der Waals surface area contributed by atoms with E-state index >= 15 is 0 Å². The molecule has 194 valence electrons. The van der Waals surface area contributed by atoms with Gasteiger partial charge in [-0.1, -0.05) is 19.3 Å². The molecule has 0 spiro atoms. The monoisotopic (exact) mass is 668 g/mol. The molecule has 1 saturated carbocycles. The summed E-state index contributed by atoms with van der Waals surface area (Å²) in [6, 6.07) is 21.7. The molecule has 0 atom stereocenters. The van der Waals surface area contributed by atoms with Gasteiger partial charge in [-0.25, -0.2) is 0 Å². The largest absolute Gasteiger partial charge is 0.328 e. The third-order valence-corrected chi connectivity index (χ3v) is 6.68. The first-order chi connectivity index (χ1) is 16.6. The van der Waals surface area contributed by atoms with Crippen molar-refractivity contribution in [2.75, 3.05) is 0 Å². The SMILES string of the molecule is Cn1c(-c2ccccc2)c(-c2ccccc2)n(C)[c]1=[Pt].NC1CCCCC1.O=[N+]([O-])O.O=[N+]([O-])O. The van der Waals surface area contributed by atoms with Crippen LogP contribution in [0.4, 0.5) is 0 Å². The van der Waals surface area contributed by atoms with Crippen LogP contribution in [0.5, 0.6) is 0 Å². The summed E-state index contributed by atoms with van der Waals surface area (Å²) in [7, 11) is 4.24. The van der Waals surface area contributed by atoms with E-state index in [1.807, 2.05) is 0 Å². The predicted octanol–water partition coefficient (Wildman–Crippen LogP) is 4.36. The van der Waals surface area contributed by atoms with Crippen LogP contribution in [0, 0.1) is 24.0 Å². The molecular formula is C23H31N5O6Pt. The first-order valence-corrected chi connectivity index (χ1v) is 11.9. The molecule has 0 saturated heterocycles. The van der Waals surface area contributed by atoms with Gasteiger partial charge in [-0.05, 0) is 12.8 Å². The average molecular weight is 669 g/mol. The standard InChI is InChI=1S/C17H16N2.C6H13N.2HNO3.Pt/c1-18-13-19(2)17(15-11-7-4-8-12-15)16(18)14-9-5-3-6-10-14;7-6-4-2-1-3-5-6;2*2-1(3)4;/h3-12H,1-2H3;6H,1-5,7H2;2*(H,2,3,4);. The summed E-state index contributed by atoms with van der Waals surface area (Å²) in [6.07, 6.45) is 6.66. The van der Waals surface area contributed by atoms with E-state index in [9.17, 15) is 0 Å². The van der Waals surface area contributed by atoms with E-state index in [1.165, 1.54) is 58.4 Å². The number of hydrogen-bond acceptors (Lipinski definition) is 5. The van der Waals surface area contributed by atoms with E-state index in [4.69, 9.17) is 36.4 Å². The maximum absolute atomic E-state index is 8.36. The Balaban J connectivity index is 0.000000334. The Bertz CT molecular complexity index is 1030. The van der Waals surface area contributed by atoms with Gasteiger partial charge in [0.05, 0.1) is 0 Å². The van der Waals surface area contributed by atoms with Crippen molar-refractivity contribution in [2.24, 2.45) is 19.8 Å². The minimum absolute atomic E-state index is 0.536. The van der Waals surface area contributed by atoms with Crippen molar-refractivity contribution in [3.63, 3.8) is 0 Å². The fourth-order valence-corrected chi connectivity index (χ4v) is 4.21. The third-order valence-electron chi connectivity index (χ3n) is 5.15. The maximum Gasteiger partial charge on any atom is 0.291 e. The van der Waals surface area contributed by atoms with Gasteiger partial charge in [-0.2, -0.15) is 0 Å². The molecule has 0 bridgehead atoms. The third kappa shape index (κ3) is 10.7. The van der Waals surface area contributed by atoms with Crippen LogP contribution >= 0.6 is 0 Å². The van der Waals surface area contributed by atoms with E-state index in [1.54, 1.807) is 0 Å². The molecule has 2 aromatic carbocycles.